The second kappa shape index (κ2) is 6.53. The molecule has 0 radical (unpaired) electrons. The molecule has 0 spiro atoms. The number of pyridine rings is 2. The molecule has 3 heterocycles. The van der Waals surface area contributed by atoms with Crippen molar-refractivity contribution in [2.75, 3.05) is 36.0 Å². The van der Waals surface area contributed by atoms with Crippen LogP contribution in [-0.4, -0.2) is 48.0 Å². The quantitative estimate of drug-likeness (QED) is 0.816. The van der Waals surface area contributed by atoms with E-state index in [2.05, 4.69) is 14.9 Å². The third-order valence-electron chi connectivity index (χ3n) is 4.04. The normalized spacial score (nSPS) is 14.5. The molecule has 1 fully saturated rings. The van der Waals surface area contributed by atoms with Crippen LogP contribution in [0.3, 0.4) is 0 Å². The highest BCUT2D eigenvalue weighted by molar-refractivity contribution is 5.99. The van der Waals surface area contributed by atoms with Crippen LogP contribution in [0.5, 0.6) is 0 Å². The molecule has 0 atom stereocenters. The summed E-state index contributed by atoms with van der Waals surface area (Å²) >= 11 is 0. The number of nitrogens with zero attached hydrogens (tertiary/aromatic N) is 4. The first-order valence-corrected chi connectivity index (χ1v) is 7.56. The van der Waals surface area contributed by atoms with Crippen molar-refractivity contribution >= 4 is 23.3 Å². The summed E-state index contributed by atoms with van der Waals surface area (Å²) < 4.78 is 0. The van der Waals surface area contributed by atoms with Gasteiger partial charge in [-0.3, -0.25) is 14.6 Å². The van der Waals surface area contributed by atoms with Crippen LogP contribution in [0.4, 0.5) is 11.5 Å². The molecule has 2 aromatic heterocycles. The second-order valence-corrected chi connectivity index (χ2v) is 5.47. The number of hydrogen-bond acceptors (Lipinski definition) is 6. The fourth-order valence-corrected chi connectivity index (χ4v) is 2.85. The third-order valence-corrected chi connectivity index (χ3v) is 4.04. The molecule has 4 N–H and O–H groups in total. The maximum atomic E-state index is 11.6. The zero-order valence-electron chi connectivity index (χ0n) is 13.1. The molecular formula is C16H18N6O2. The predicted octanol–water partition coefficient (Wildman–Crippen LogP) is 0.001000. The molecule has 0 unspecified atom stereocenters. The van der Waals surface area contributed by atoms with Crippen LogP contribution in [-0.2, 0) is 0 Å². The molecule has 8 heteroatoms. The van der Waals surface area contributed by atoms with Gasteiger partial charge in [-0.05, 0) is 18.2 Å². The molecule has 2 amide bonds. The van der Waals surface area contributed by atoms with Crippen molar-refractivity contribution in [3.05, 3.63) is 47.9 Å². The molecule has 0 aromatic carbocycles. The Labute approximate surface area is 139 Å². The van der Waals surface area contributed by atoms with Crippen molar-refractivity contribution in [2.24, 2.45) is 11.5 Å². The van der Waals surface area contributed by atoms with Gasteiger partial charge in [-0.15, -0.1) is 0 Å². The minimum atomic E-state index is -0.499. The summed E-state index contributed by atoms with van der Waals surface area (Å²) in [5.74, 6) is -0.401. The second-order valence-electron chi connectivity index (χ2n) is 5.47. The number of carbonyl (C=O) groups is 2. The lowest BCUT2D eigenvalue weighted by Crippen LogP contribution is -2.48. The van der Waals surface area contributed by atoms with Gasteiger partial charge in [0.2, 0.25) is 0 Å². The van der Waals surface area contributed by atoms with Crippen molar-refractivity contribution in [1.82, 2.24) is 9.97 Å². The molecule has 2 aromatic rings. The van der Waals surface area contributed by atoms with Crippen LogP contribution >= 0.6 is 0 Å². The largest absolute Gasteiger partial charge is 0.367 e. The highest BCUT2D eigenvalue weighted by Gasteiger charge is 2.23. The van der Waals surface area contributed by atoms with Gasteiger partial charge < -0.3 is 21.3 Å². The first-order valence-electron chi connectivity index (χ1n) is 7.56. The number of anilines is 2. The monoisotopic (exact) mass is 326 g/mol. The molecule has 0 aliphatic carbocycles. The summed E-state index contributed by atoms with van der Waals surface area (Å²) in [5.41, 5.74) is 12.4. The number of nitrogens with two attached hydrogens (primary N) is 2. The number of primary amides is 2. The minimum Gasteiger partial charge on any atom is -0.367 e. The minimum absolute atomic E-state index is 0.404. The Balaban J connectivity index is 1.78. The Morgan fingerprint density at radius 3 is 2.25 bits per heavy atom. The van der Waals surface area contributed by atoms with Crippen molar-refractivity contribution < 1.29 is 9.59 Å². The highest BCUT2D eigenvalue weighted by Crippen LogP contribution is 2.23. The van der Waals surface area contributed by atoms with Crippen LogP contribution in [0.15, 0.2) is 36.8 Å². The smallest absolute Gasteiger partial charge is 0.252 e. The van der Waals surface area contributed by atoms with E-state index in [0.717, 1.165) is 5.69 Å². The maximum Gasteiger partial charge on any atom is 0.252 e. The van der Waals surface area contributed by atoms with Gasteiger partial charge in [-0.25, -0.2) is 4.98 Å². The predicted molar refractivity (Wildman–Crippen MR) is 89.9 cm³/mol. The average molecular weight is 326 g/mol. The molecule has 24 heavy (non-hydrogen) atoms. The molecule has 1 aliphatic heterocycles. The maximum absolute atomic E-state index is 11.6. The van der Waals surface area contributed by atoms with Gasteiger partial charge in [0.15, 0.2) is 0 Å². The fraction of sp³-hybridized carbons (Fsp3) is 0.250. The van der Waals surface area contributed by atoms with Gasteiger partial charge in [0, 0.05) is 44.8 Å². The van der Waals surface area contributed by atoms with E-state index >= 15 is 0 Å². The Kier molecular flexibility index (Phi) is 4.28. The molecule has 1 saturated heterocycles. The van der Waals surface area contributed by atoms with E-state index in [1.165, 1.54) is 6.20 Å². The average Bonchev–Trinajstić information content (AvgIpc) is 2.62. The lowest BCUT2D eigenvalue weighted by atomic mass is 10.1. The number of carbonyl (C=O) groups excluding carboxylic acids is 2. The van der Waals surface area contributed by atoms with Gasteiger partial charge in [0.1, 0.15) is 5.82 Å². The molecule has 0 saturated carbocycles. The Bertz CT molecular complexity index is 705. The number of hydrogen-bond donors (Lipinski definition) is 2. The van der Waals surface area contributed by atoms with Crippen molar-refractivity contribution in [3.63, 3.8) is 0 Å². The van der Waals surface area contributed by atoms with E-state index in [1.807, 2.05) is 4.90 Å². The molecule has 124 valence electrons. The fourth-order valence-electron chi connectivity index (χ4n) is 2.85. The van der Waals surface area contributed by atoms with Crippen molar-refractivity contribution in [3.8, 4) is 0 Å². The van der Waals surface area contributed by atoms with Crippen LogP contribution < -0.4 is 21.3 Å². The van der Waals surface area contributed by atoms with Crippen LogP contribution in [0.2, 0.25) is 0 Å². The Morgan fingerprint density at radius 2 is 1.58 bits per heavy atom. The third kappa shape index (κ3) is 2.98. The van der Waals surface area contributed by atoms with Gasteiger partial charge in [-0.2, -0.15) is 0 Å². The topological polar surface area (TPSA) is 118 Å². The summed E-state index contributed by atoms with van der Waals surface area (Å²) in [6, 6.07) is 5.15. The van der Waals surface area contributed by atoms with E-state index in [-0.39, 0.29) is 0 Å². The van der Waals surface area contributed by atoms with Gasteiger partial charge in [0.25, 0.3) is 11.8 Å². The number of rotatable bonds is 4. The summed E-state index contributed by atoms with van der Waals surface area (Å²) in [7, 11) is 0. The van der Waals surface area contributed by atoms with Crippen LogP contribution in [0.25, 0.3) is 0 Å². The highest BCUT2D eigenvalue weighted by atomic mass is 16.1. The molecular weight excluding hydrogens is 308 g/mol. The lowest BCUT2D eigenvalue weighted by molar-refractivity contribution is 0.0991. The number of aromatic nitrogens is 2. The first-order chi connectivity index (χ1) is 11.6. The lowest BCUT2D eigenvalue weighted by Gasteiger charge is -2.37. The summed E-state index contributed by atoms with van der Waals surface area (Å²) in [6.07, 6.45) is 4.76. The molecule has 3 rings (SSSR count). The van der Waals surface area contributed by atoms with E-state index in [0.29, 0.717) is 43.1 Å². The zero-order valence-corrected chi connectivity index (χ0v) is 13.1. The van der Waals surface area contributed by atoms with E-state index in [1.54, 1.807) is 30.6 Å². The van der Waals surface area contributed by atoms with Crippen molar-refractivity contribution in [2.45, 2.75) is 0 Å². The number of piperazine rings is 1. The standard InChI is InChI=1S/C16H18N6O2/c17-14(23)11-2-1-4-20-16(11)22-8-6-21(7-9-22)13-3-5-19-10-12(13)15(18)24/h1-5,10H,6-9H2,(H2,17,23)(H2,18,24). The first kappa shape index (κ1) is 15.7. The van der Waals surface area contributed by atoms with Gasteiger partial charge in [-0.1, -0.05) is 0 Å². The Morgan fingerprint density at radius 1 is 0.917 bits per heavy atom. The zero-order chi connectivity index (χ0) is 17.1. The summed E-state index contributed by atoms with van der Waals surface area (Å²) in [5, 5.41) is 0. The van der Waals surface area contributed by atoms with E-state index in [4.69, 9.17) is 11.5 Å². The molecule has 1 aliphatic rings. The van der Waals surface area contributed by atoms with Crippen LogP contribution in [0.1, 0.15) is 20.7 Å². The summed E-state index contributed by atoms with van der Waals surface area (Å²) in [4.78, 5) is 35.4. The van der Waals surface area contributed by atoms with Gasteiger partial charge in [0.05, 0.1) is 16.8 Å². The van der Waals surface area contributed by atoms with Crippen molar-refractivity contribution in [1.29, 1.82) is 0 Å². The van der Waals surface area contributed by atoms with E-state index in [9.17, 15) is 9.59 Å². The van der Waals surface area contributed by atoms with E-state index < -0.39 is 11.8 Å². The van der Waals surface area contributed by atoms with Crippen LogP contribution in [0, 0.1) is 0 Å². The Hall–Kier alpha value is -3.16. The molecule has 8 nitrogen and oxygen atoms in total. The van der Waals surface area contributed by atoms with Gasteiger partial charge >= 0.3 is 0 Å². The molecule has 0 bridgehead atoms. The summed E-state index contributed by atoms with van der Waals surface area (Å²) in [6.45, 7) is 2.63. The SMILES string of the molecule is NC(=O)c1cnccc1N1CCN(c2ncccc2C(N)=O)CC1. The number of amides is 2.